The summed E-state index contributed by atoms with van der Waals surface area (Å²) in [6, 6.07) is 6.01. The molecule has 0 radical (unpaired) electrons. The third kappa shape index (κ3) is 4.57. The van der Waals surface area contributed by atoms with E-state index in [9.17, 15) is 0 Å². The van der Waals surface area contributed by atoms with Crippen LogP contribution in [0, 0.1) is 11.3 Å². The normalized spacial score (nSPS) is 13.2. The zero-order chi connectivity index (χ0) is 11.3. The summed E-state index contributed by atoms with van der Waals surface area (Å²) in [6.07, 6.45) is 4.22. The average molecular weight is 203 g/mol. The van der Waals surface area contributed by atoms with Gasteiger partial charge in [-0.3, -0.25) is 10.3 Å². The van der Waals surface area contributed by atoms with Crippen LogP contribution in [0.1, 0.15) is 26.3 Å². The molecule has 80 valence electrons. The predicted molar refractivity (Wildman–Crippen MR) is 60.2 cm³/mol. The van der Waals surface area contributed by atoms with Crippen molar-refractivity contribution in [1.29, 1.82) is 5.26 Å². The Morgan fingerprint density at radius 3 is 2.47 bits per heavy atom. The first-order valence-corrected chi connectivity index (χ1v) is 5.07. The molecule has 0 spiro atoms. The lowest BCUT2D eigenvalue weighted by Crippen LogP contribution is -2.43. The Bertz CT molecular complexity index is 332. The molecule has 15 heavy (non-hydrogen) atoms. The van der Waals surface area contributed by atoms with Crippen molar-refractivity contribution < 1.29 is 0 Å². The molecule has 1 aromatic rings. The molecule has 3 nitrogen and oxygen atoms in total. The number of rotatable bonds is 3. The van der Waals surface area contributed by atoms with Crippen LogP contribution in [0.5, 0.6) is 0 Å². The van der Waals surface area contributed by atoms with Crippen LogP contribution in [-0.2, 0) is 6.42 Å². The Balaban J connectivity index is 2.60. The van der Waals surface area contributed by atoms with E-state index in [4.69, 9.17) is 5.26 Å². The third-order valence-corrected chi connectivity index (χ3v) is 1.95. The quantitative estimate of drug-likeness (QED) is 0.816. The lowest BCUT2D eigenvalue weighted by atomic mass is 10.0. The second-order valence-corrected chi connectivity index (χ2v) is 4.64. The van der Waals surface area contributed by atoms with E-state index in [0.29, 0.717) is 0 Å². The number of hydrogen-bond donors (Lipinski definition) is 1. The van der Waals surface area contributed by atoms with Gasteiger partial charge in [-0.25, -0.2) is 0 Å². The van der Waals surface area contributed by atoms with Gasteiger partial charge in [0.25, 0.3) is 0 Å². The van der Waals surface area contributed by atoms with E-state index in [0.717, 1.165) is 12.0 Å². The second-order valence-electron chi connectivity index (χ2n) is 4.64. The summed E-state index contributed by atoms with van der Waals surface area (Å²) in [5.74, 6) is 0. The fourth-order valence-electron chi connectivity index (χ4n) is 1.41. The first-order chi connectivity index (χ1) is 7.01. The number of nitriles is 1. The predicted octanol–water partition coefficient (Wildman–Crippen LogP) is 1.90. The van der Waals surface area contributed by atoms with Crippen LogP contribution in [0.3, 0.4) is 0 Å². The molecule has 0 aliphatic rings. The monoisotopic (exact) mass is 203 g/mol. The van der Waals surface area contributed by atoms with Crippen LogP contribution >= 0.6 is 0 Å². The summed E-state index contributed by atoms with van der Waals surface area (Å²) in [5.41, 5.74) is 1.10. The van der Waals surface area contributed by atoms with Gasteiger partial charge in [0.05, 0.1) is 12.1 Å². The van der Waals surface area contributed by atoms with Crippen LogP contribution in [0.25, 0.3) is 0 Å². The van der Waals surface area contributed by atoms with E-state index in [1.54, 1.807) is 12.4 Å². The van der Waals surface area contributed by atoms with Crippen molar-refractivity contribution in [3.63, 3.8) is 0 Å². The van der Waals surface area contributed by atoms with Gasteiger partial charge in [-0.05, 0) is 38.5 Å². The van der Waals surface area contributed by atoms with Crippen molar-refractivity contribution in [2.75, 3.05) is 0 Å². The molecular formula is C12H17N3. The summed E-state index contributed by atoms with van der Waals surface area (Å²) < 4.78 is 0. The number of pyridine rings is 1. The van der Waals surface area contributed by atoms with E-state index >= 15 is 0 Å². The molecule has 3 heteroatoms. The smallest absolute Gasteiger partial charge is 0.0997 e. The number of nitrogens with zero attached hydrogens (tertiary/aromatic N) is 2. The van der Waals surface area contributed by atoms with Crippen molar-refractivity contribution in [3.8, 4) is 6.07 Å². The lowest BCUT2D eigenvalue weighted by molar-refractivity contribution is 0.394. The summed E-state index contributed by atoms with van der Waals surface area (Å²) in [4.78, 5) is 3.95. The highest BCUT2D eigenvalue weighted by Crippen LogP contribution is 2.06. The molecule has 0 amide bonds. The highest BCUT2D eigenvalue weighted by molar-refractivity contribution is 5.14. The molecule has 1 heterocycles. The highest BCUT2D eigenvalue weighted by Gasteiger charge is 2.16. The number of aromatic nitrogens is 1. The summed E-state index contributed by atoms with van der Waals surface area (Å²) in [7, 11) is 0. The molecular weight excluding hydrogens is 186 g/mol. The molecule has 1 aromatic heterocycles. The van der Waals surface area contributed by atoms with Gasteiger partial charge >= 0.3 is 0 Å². The average Bonchev–Trinajstić information content (AvgIpc) is 2.16. The molecule has 0 aliphatic carbocycles. The number of nitrogens with one attached hydrogen (secondary N) is 1. The lowest BCUT2D eigenvalue weighted by Gasteiger charge is -2.24. The molecule has 0 bridgehead atoms. The fourth-order valence-corrected chi connectivity index (χ4v) is 1.41. The van der Waals surface area contributed by atoms with Gasteiger partial charge in [0.15, 0.2) is 0 Å². The Labute approximate surface area is 91.1 Å². The SMILES string of the molecule is CC(C)(C)NC(C#N)Cc1ccncc1. The van der Waals surface area contributed by atoms with Crippen molar-refractivity contribution in [3.05, 3.63) is 30.1 Å². The Morgan fingerprint density at radius 2 is 2.00 bits per heavy atom. The van der Waals surface area contributed by atoms with Crippen LogP contribution in [0.2, 0.25) is 0 Å². The maximum Gasteiger partial charge on any atom is 0.0997 e. The van der Waals surface area contributed by atoms with Crippen molar-refractivity contribution in [2.45, 2.75) is 38.8 Å². The summed E-state index contributed by atoms with van der Waals surface area (Å²) >= 11 is 0. The van der Waals surface area contributed by atoms with Gasteiger partial charge in [0.1, 0.15) is 0 Å². The maximum absolute atomic E-state index is 9.02. The molecule has 0 saturated heterocycles. The molecule has 0 aromatic carbocycles. The maximum atomic E-state index is 9.02. The zero-order valence-corrected chi connectivity index (χ0v) is 9.49. The van der Waals surface area contributed by atoms with Gasteiger partial charge in [-0.2, -0.15) is 5.26 Å². The number of hydrogen-bond acceptors (Lipinski definition) is 3. The molecule has 0 saturated carbocycles. The van der Waals surface area contributed by atoms with E-state index in [-0.39, 0.29) is 11.6 Å². The van der Waals surface area contributed by atoms with E-state index < -0.39 is 0 Å². The van der Waals surface area contributed by atoms with Crippen LogP contribution in [-0.4, -0.2) is 16.6 Å². The van der Waals surface area contributed by atoms with Crippen LogP contribution in [0.15, 0.2) is 24.5 Å². The summed E-state index contributed by atoms with van der Waals surface area (Å²) in [6.45, 7) is 6.18. The molecule has 1 N–H and O–H groups in total. The van der Waals surface area contributed by atoms with Gasteiger partial charge in [0, 0.05) is 24.4 Å². The molecule has 0 aliphatic heterocycles. The minimum absolute atomic E-state index is 0.0343. The van der Waals surface area contributed by atoms with Gasteiger partial charge in [-0.1, -0.05) is 0 Å². The van der Waals surface area contributed by atoms with Crippen molar-refractivity contribution in [2.24, 2.45) is 0 Å². The zero-order valence-electron chi connectivity index (χ0n) is 9.49. The Morgan fingerprint density at radius 1 is 1.40 bits per heavy atom. The highest BCUT2D eigenvalue weighted by atomic mass is 15.0. The largest absolute Gasteiger partial charge is 0.297 e. The summed E-state index contributed by atoms with van der Waals surface area (Å²) in [5, 5.41) is 12.3. The van der Waals surface area contributed by atoms with Crippen LogP contribution < -0.4 is 5.32 Å². The van der Waals surface area contributed by atoms with E-state index in [1.807, 2.05) is 12.1 Å². The van der Waals surface area contributed by atoms with Gasteiger partial charge in [-0.15, -0.1) is 0 Å². The first kappa shape index (κ1) is 11.7. The minimum atomic E-state index is -0.146. The third-order valence-electron chi connectivity index (χ3n) is 1.95. The minimum Gasteiger partial charge on any atom is -0.297 e. The first-order valence-electron chi connectivity index (χ1n) is 5.07. The van der Waals surface area contributed by atoms with Crippen LogP contribution in [0.4, 0.5) is 0 Å². The fraction of sp³-hybridized carbons (Fsp3) is 0.500. The van der Waals surface area contributed by atoms with Gasteiger partial charge < -0.3 is 0 Å². The van der Waals surface area contributed by atoms with Crippen molar-refractivity contribution >= 4 is 0 Å². The standard InChI is InChI=1S/C12H17N3/c1-12(2,3)15-11(9-13)8-10-4-6-14-7-5-10/h4-7,11,15H,8H2,1-3H3. The molecule has 1 unspecified atom stereocenters. The van der Waals surface area contributed by atoms with Crippen molar-refractivity contribution in [1.82, 2.24) is 10.3 Å². The Kier molecular flexibility index (Phi) is 3.81. The van der Waals surface area contributed by atoms with E-state index in [2.05, 4.69) is 37.1 Å². The second kappa shape index (κ2) is 4.90. The molecule has 1 rings (SSSR count). The van der Waals surface area contributed by atoms with E-state index in [1.165, 1.54) is 0 Å². The Hall–Kier alpha value is -1.40. The van der Waals surface area contributed by atoms with Gasteiger partial charge in [0.2, 0.25) is 0 Å². The molecule has 1 atom stereocenters. The molecule has 0 fully saturated rings. The topological polar surface area (TPSA) is 48.7 Å².